The molecule has 0 radical (unpaired) electrons. The predicted octanol–water partition coefficient (Wildman–Crippen LogP) is 1.34. The van der Waals surface area contributed by atoms with E-state index in [9.17, 15) is 0 Å². The molecule has 0 aromatic carbocycles. The first-order valence-electron chi connectivity index (χ1n) is 2.76. The lowest BCUT2D eigenvalue weighted by atomic mass is 10.2. The van der Waals surface area contributed by atoms with Gasteiger partial charge in [-0.25, -0.2) is 0 Å². The van der Waals surface area contributed by atoms with Crippen LogP contribution in [-0.2, 0) is 10.4 Å². The lowest BCUT2D eigenvalue weighted by Gasteiger charge is -1.88. The first kappa shape index (κ1) is 13.0. The van der Waals surface area contributed by atoms with Crippen LogP contribution in [-0.4, -0.2) is 17.5 Å². The molecular formula is C6H12O4S. The minimum atomic E-state index is -4.67. The lowest BCUT2D eigenvalue weighted by molar-refractivity contribution is 0.381. The molecule has 0 bridgehead atoms. The molecule has 5 heteroatoms. The van der Waals surface area contributed by atoms with E-state index >= 15 is 0 Å². The van der Waals surface area contributed by atoms with Crippen LogP contribution in [0, 0.1) is 5.92 Å². The standard InChI is InChI=1S/C6H10.H2O4S/c1-4-6(3)5-2;1-5(2,3)4/h4-6H,1-2H2,3H3;(H2,1,2,3,4). The van der Waals surface area contributed by atoms with Gasteiger partial charge in [0.1, 0.15) is 0 Å². The van der Waals surface area contributed by atoms with E-state index in [4.69, 9.17) is 17.5 Å². The van der Waals surface area contributed by atoms with Crippen molar-refractivity contribution >= 4 is 10.4 Å². The van der Waals surface area contributed by atoms with Crippen molar-refractivity contribution in [1.29, 1.82) is 0 Å². The van der Waals surface area contributed by atoms with Crippen LogP contribution < -0.4 is 0 Å². The maximum absolute atomic E-state index is 8.74. The van der Waals surface area contributed by atoms with Crippen molar-refractivity contribution in [2.45, 2.75) is 6.92 Å². The van der Waals surface area contributed by atoms with Gasteiger partial charge in [-0.3, -0.25) is 9.11 Å². The zero-order chi connectivity index (χ0) is 9.49. The van der Waals surface area contributed by atoms with E-state index in [0.29, 0.717) is 5.92 Å². The third-order valence-corrected chi connectivity index (χ3v) is 0.744. The Kier molecular flexibility index (Phi) is 7.18. The van der Waals surface area contributed by atoms with Crippen molar-refractivity contribution in [2.24, 2.45) is 5.92 Å². The molecule has 0 saturated carbocycles. The Labute approximate surface area is 66.8 Å². The molecule has 0 aromatic rings. The van der Waals surface area contributed by atoms with Gasteiger partial charge >= 0.3 is 10.4 Å². The van der Waals surface area contributed by atoms with E-state index in [1.54, 1.807) is 0 Å². The molecule has 0 aliphatic rings. The first-order chi connectivity index (χ1) is 4.81. The van der Waals surface area contributed by atoms with Gasteiger partial charge in [0.05, 0.1) is 0 Å². The summed E-state index contributed by atoms with van der Waals surface area (Å²) in [6.45, 7) is 9.16. The molecule has 0 unspecified atom stereocenters. The fraction of sp³-hybridized carbons (Fsp3) is 0.333. The number of hydrogen-bond acceptors (Lipinski definition) is 2. The second-order valence-electron chi connectivity index (χ2n) is 1.78. The molecule has 0 saturated heterocycles. The highest BCUT2D eigenvalue weighted by molar-refractivity contribution is 7.79. The summed E-state index contributed by atoms with van der Waals surface area (Å²) in [5, 5.41) is 0. The monoisotopic (exact) mass is 180 g/mol. The van der Waals surface area contributed by atoms with Crippen LogP contribution in [0.1, 0.15) is 6.92 Å². The van der Waals surface area contributed by atoms with E-state index in [0.717, 1.165) is 0 Å². The molecule has 0 aliphatic carbocycles. The van der Waals surface area contributed by atoms with Gasteiger partial charge in [0, 0.05) is 0 Å². The summed E-state index contributed by atoms with van der Waals surface area (Å²) >= 11 is 0. The molecule has 0 amide bonds. The van der Waals surface area contributed by atoms with Crippen LogP contribution in [0.2, 0.25) is 0 Å². The highest BCUT2D eigenvalue weighted by Gasteiger charge is 1.84. The summed E-state index contributed by atoms with van der Waals surface area (Å²) in [5.74, 6) is 0.463. The summed E-state index contributed by atoms with van der Waals surface area (Å²) in [4.78, 5) is 0. The van der Waals surface area contributed by atoms with Crippen molar-refractivity contribution in [3.05, 3.63) is 25.3 Å². The van der Waals surface area contributed by atoms with Crippen molar-refractivity contribution < 1.29 is 17.5 Å². The van der Waals surface area contributed by atoms with Crippen molar-refractivity contribution in [3.63, 3.8) is 0 Å². The Balaban J connectivity index is 0. The van der Waals surface area contributed by atoms with Crippen LogP contribution in [0.4, 0.5) is 0 Å². The van der Waals surface area contributed by atoms with E-state index in [2.05, 4.69) is 13.2 Å². The van der Waals surface area contributed by atoms with E-state index < -0.39 is 10.4 Å². The van der Waals surface area contributed by atoms with Gasteiger partial charge in [-0.05, 0) is 5.92 Å². The fourth-order valence-corrected chi connectivity index (χ4v) is 0.0962. The number of allylic oxidation sites excluding steroid dienone is 2. The van der Waals surface area contributed by atoms with Crippen LogP contribution in [0.25, 0.3) is 0 Å². The number of hydrogen-bond donors (Lipinski definition) is 2. The number of rotatable bonds is 2. The van der Waals surface area contributed by atoms with Crippen molar-refractivity contribution in [2.75, 3.05) is 0 Å². The Morgan fingerprint density at radius 2 is 1.45 bits per heavy atom. The quantitative estimate of drug-likeness (QED) is 0.496. The fourth-order valence-electron chi connectivity index (χ4n) is 0.0962. The summed E-state index contributed by atoms with van der Waals surface area (Å²) in [5.41, 5.74) is 0. The topological polar surface area (TPSA) is 74.6 Å². The molecule has 11 heavy (non-hydrogen) atoms. The average molecular weight is 180 g/mol. The van der Waals surface area contributed by atoms with Crippen LogP contribution in [0.15, 0.2) is 25.3 Å². The molecule has 0 fully saturated rings. The summed E-state index contributed by atoms with van der Waals surface area (Å²) in [7, 11) is -4.67. The van der Waals surface area contributed by atoms with Gasteiger partial charge in [-0.2, -0.15) is 8.42 Å². The Hall–Kier alpha value is -0.650. The molecule has 0 spiro atoms. The van der Waals surface area contributed by atoms with Gasteiger partial charge in [-0.1, -0.05) is 19.1 Å². The summed E-state index contributed by atoms with van der Waals surface area (Å²) in [6, 6.07) is 0. The Morgan fingerprint density at radius 3 is 1.45 bits per heavy atom. The van der Waals surface area contributed by atoms with Gasteiger partial charge < -0.3 is 0 Å². The molecular weight excluding hydrogens is 168 g/mol. The van der Waals surface area contributed by atoms with Crippen molar-refractivity contribution in [3.8, 4) is 0 Å². The highest BCUT2D eigenvalue weighted by atomic mass is 32.3. The lowest BCUT2D eigenvalue weighted by Crippen LogP contribution is -1.89. The zero-order valence-corrected chi connectivity index (χ0v) is 7.08. The van der Waals surface area contributed by atoms with Gasteiger partial charge in [0.15, 0.2) is 0 Å². The SMILES string of the molecule is C=CC(C)C=C.O=S(=O)(O)O. The van der Waals surface area contributed by atoms with Crippen LogP contribution in [0.3, 0.4) is 0 Å². The van der Waals surface area contributed by atoms with E-state index in [1.165, 1.54) is 0 Å². The normalized spacial score (nSPS) is 9.82. The minimum Gasteiger partial charge on any atom is -0.264 e. The first-order valence-corrected chi connectivity index (χ1v) is 4.16. The van der Waals surface area contributed by atoms with Crippen molar-refractivity contribution in [1.82, 2.24) is 0 Å². The third-order valence-electron chi connectivity index (χ3n) is 0.744. The molecule has 0 aliphatic heterocycles. The smallest absolute Gasteiger partial charge is 0.264 e. The molecule has 0 aromatic heterocycles. The maximum atomic E-state index is 8.74. The third kappa shape index (κ3) is 45.0. The second-order valence-corrected chi connectivity index (χ2v) is 2.67. The largest absolute Gasteiger partial charge is 0.394 e. The average Bonchev–Trinajstić information content (AvgIpc) is 1.83. The molecule has 0 heterocycles. The molecule has 2 N–H and O–H groups in total. The predicted molar refractivity (Wildman–Crippen MR) is 43.7 cm³/mol. The van der Waals surface area contributed by atoms with Gasteiger partial charge in [0.25, 0.3) is 0 Å². The summed E-state index contributed by atoms with van der Waals surface area (Å²) in [6.07, 6.45) is 3.71. The maximum Gasteiger partial charge on any atom is 0.394 e. The van der Waals surface area contributed by atoms with Crippen LogP contribution in [0.5, 0.6) is 0 Å². The molecule has 4 nitrogen and oxygen atoms in total. The Morgan fingerprint density at radius 1 is 1.27 bits per heavy atom. The highest BCUT2D eigenvalue weighted by Crippen LogP contribution is 1.92. The molecule has 0 atom stereocenters. The second kappa shape index (κ2) is 6.09. The zero-order valence-electron chi connectivity index (χ0n) is 6.27. The molecule has 0 rings (SSSR count). The van der Waals surface area contributed by atoms with Crippen LogP contribution >= 0.6 is 0 Å². The van der Waals surface area contributed by atoms with E-state index in [-0.39, 0.29) is 0 Å². The van der Waals surface area contributed by atoms with Gasteiger partial charge in [-0.15, -0.1) is 13.2 Å². The van der Waals surface area contributed by atoms with E-state index in [1.807, 2.05) is 19.1 Å². The Bertz CT molecular complexity index is 189. The summed E-state index contributed by atoms with van der Waals surface area (Å²) < 4.78 is 31.6. The van der Waals surface area contributed by atoms with Gasteiger partial charge in [0.2, 0.25) is 0 Å². The minimum absolute atomic E-state index is 0.463. The molecule has 66 valence electrons.